The zero-order valence-corrected chi connectivity index (χ0v) is 14.5. The fourth-order valence-corrected chi connectivity index (χ4v) is 3.09. The van der Waals surface area contributed by atoms with Crippen molar-refractivity contribution in [3.63, 3.8) is 0 Å². The van der Waals surface area contributed by atoms with E-state index >= 15 is 0 Å². The molecule has 27 heavy (non-hydrogen) atoms. The van der Waals surface area contributed by atoms with Crippen LogP contribution >= 0.6 is 0 Å². The third kappa shape index (κ3) is 3.72. The van der Waals surface area contributed by atoms with Crippen molar-refractivity contribution in [1.82, 2.24) is 15.5 Å². The summed E-state index contributed by atoms with van der Waals surface area (Å²) in [6.07, 6.45) is 0.338. The molecule has 7 heteroatoms. The Balaban J connectivity index is 1.38. The van der Waals surface area contributed by atoms with Crippen molar-refractivity contribution < 1.29 is 14.1 Å². The van der Waals surface area contributed by atoms with Crippen LogP contribution in [0, 0.1) is 0 Å². The molecule has 0 bridgehead atoms. The number of anilines is 1. The van der Waals surface area contributed by atoms with Crippen LogP contribution in [0.25, 0.3) is 0 Å². The van der Waals surface area contributed by atoms with Gasteiger partial charge in [-0.05, 0) is 24.3 Å². The van der Waals surface area contributed by atoms with Gasteiger partial charge in [-0.15, -0.1) is 0 Å². The van der Waals surface area contributed by atoms with E-state index in [0.29, 0.717) is 30.2 Å². The molecule has 0 radical (unpaired) electrons. The molecule has 0 aliphatic carbocycles. The molecule has 2 heterocycles. The summed E-state index contributed by atoms with van der Waals surface area (Å²) in [5, 5.41) is 6.75. The zero-order chi connectivity index (χ0) is 18.6. The van der Waals surface area contributed by atoms with Crippen molar-refractivity contribution >= 4 is 17.5 Å². The molecule has 4 rings (SSSR count). The molecule has 3 aromatic rings. The first kappa shape index (κ1) is 17.0. The predicted molar refractivity (Wildman–Crippen MR) is 98.1 cm³/mol. The van der Waals surface area contributed by atoms with Crippen molar-refractivity contribution in [1.29, 1.82) is 0 Å². The number of carbonyl (C=O) groups is 2. The van der Waals surface area contributed by atoms with Crippen LogP contribution in [-0.2, 0) is 11.3 Å². The van der Waals surface area contributed by atoms with Crippen molar-refractivity contribution in [2.24, 2.45) is 0 Å². The van der Waals surface area contributed by atoms with E-state index in [-0.39, 0.29) is 24.3 Å². The third-order valence-corrected chi connectivity index (χ3v) is 4.48. The van der Waals surface area contributed by atoms with Crippen LogP contribution in [0.15, 0.2) is 65.2 Å². The molecule has 2 amide bonds. The number of hydrogen-bond donors (Lipinski definition) is 1. The first-order chi connectivity index (χ1) is 13.2. The molecule has 1 aromatic heterocycles. The van der Waals surface area contributed by atoms with Crippen LogP contribution in [0.2, 0.25) is 0 Å². The summed E-state index contributed by atoms with van der Waals surface area (Å²) in [5.41, 5.74) is 1.43. The number of benzene rings is 2. The molecule has 2 aromatic carbocycles. The Morgan fingerprint density at radius 3 is 2.56 bits per heavy atom. The third-order valence-electron chi connectivity index (χ3n) is 4.48. The van der Waals surface area contributed by atoms with Gasteiger partial charge in [0.1, 0.15) is 0 Å². The maximum Gasteiger partial charge on any atom is 0.251 e. The number of nitrogens with one attached hydrogen (secondary N) is 1. The maximum atomic E-state index is 12.3. The van der Waals surface area contributed by atoms with Gasteiger partial charge in [0.2, 0.25) is 11.8 Å². The van der Waals surface area contributed by atoms with Gasteiger partial charge in [-0.25, -0.2) is 0 Å². The number of para-hydroxylation sites is 1. The Morgan fingerprint density at radius 1 is 1.11 bits per heavy atom. The lowest BCUT2D eigenvalue weighted by molar-refractivity contribution is -0.117. The predicted octanol–water partition coefficient (Wildman–Crippen LogP) is 2.52. The number of rotatable bonds is 5. The summed E-state index contributed by atoms with van der Waals surface area (Å²) in [6.45, 7) is 0.655. The molecular formula is C20H18N4O3. The highest BCUT2D eigenvalue weighted by atomic mass is 16.5. The average Bonchev–Trinajstić information content (AvgIpc) is 3.34. The van der Waals surface area contributed by atoms with Gasteiger partial charge >= 0.3 is 0 Å². The van der Waals surface area contributed by atoms with E-state index in [9.17, 15) is 9.59 Å². The van der Waals surface area contributed by atoms with E-state index in [4.69, 9.17) is 4.52 Å². The van der Waals surface area contributed by atoms with E-state index in [1.54, 1.807) is 29.2 Å². The summed E-state index contributed by atoms with van der Waals surface area (Å²) in [6, 6.07) is 18.4. The van der Waals surface area contributed by atoms with Crippen molar-refractivity contribution in [2.45, 2.75) is 18.9 Å². The largest absolute Gasteiger partial charge is 0.343 e. The minimum atomic E-state index is -0.207. The normalized spacial score (nSPS) is 16.5. The summed E-state index contributed by atoms with van der Waals surface area (Å²) in [5.74, 6) is 0.516. The first-order valence-electron chi connectivity index (χ1n) is 8.72. The standard InChI is InChI=1S/C20H18N4O3/c25-18-11-15(13-24(18)16-9-5-2-6-10-16)19-22-17(27-23-19)12-21-20(26)14-7-3-1-4-8-14/h1-10,15H,11-13H2,(H,21,26). The van der Waals surface area contributed by atoms with E-state index in [1.165, 1.54) is 0 Å². The number of amides is 2. The zero-order valence-electron chi connectivity index (χ0n) is 14.5. The number of carbonyl (C=O) groups excluding carboxylic acids is 2. The van der Waals surface area contributed by atoms with Gasteiger partial charge in [0.25, 0.3) is 5.91 Å². The van der Waals surface area contributed by atoms with Crippen molar-refractivity contribution in [2.75, 3.05) is 11.4 Å². The van der Waals surface area contributed by atoms with Gasteiger partial charge in [0.15, 0.2) is 5.82 Å². The molecule has 0 spiro atoms. The topological polar surface area (TPSA) is 88.3 Å². The first-order valence-corrected chi connectivity index (χ1v) is 8.72. The van der Waals surface area contributed by atoms with Crippen LogP contribution in [0.5, 0.6) is 0 Å². The van der Waals surface area contributed by atoms with E-state index in [0.717, 1.165) is 5.69 Å². The van der Waals surface area contributed by atoms with Crippen LogP contribution < -0.4 is 10.2 Å². The van der Waals surface area contributed by atoms with Crippen molar-refractivity contribution in [3.8, 4) is 0 Å². The Kier molecular flexibility index (Phi) is 4.65. The van der Waals surface area contributed by atoms with Crippen LogP contribution in [0.1, 0.15) is 34.4 Å². The smallest absolute Gasteiger partial charge is 0.251 e. The fourth-order valence-electron chi connectivity index (χ4n) is 3.09. The quantitative estimate of drug-likeness (QED) is 0.753. The van der Waals surface area contributed by atoms with Gasteiger partial charge in [-0.3, -0.25) is 9.59 Å². The molecule has 1 aliphatic rings. The summed E-state index contributed by atoms with van der Waals surface area (Å²) in [4.78, 5) is 30.5. The molecule has 1 N–H and O–H groups in total. The Bertz CT molecular complexity index is 940. The minimum absolute atomic E-state index is 0.0370. The lowest BCUT2D eigenvalue weighted by Crippen LogP contribution is -2.24. The summed E-state index contributed by atoms with van der Waals surface area (Å²) in [7, 11) is 0. The highest BCUT2D eigenvalue weighted by Gasteiger charge is 2.34. The lowest BCUT2D eigenvalue weighted by Gasteiger charge is -2.15. The molecule has 1 atom stereocenters. The molecule has 0 saturated carbocycles. The van der Waals surface area contributed by atoms with Gasteiger partial charge in [-0.1, -0.05) is 41.6 Å². The Hall–Kier alpha value is -3.48. The van der Waals surface area contributed by atoms with E-state index in [2.05, 4.69) is 15.5 Å². The van der Waals surface area contributed by atoms with E-state index in [1.807, 2.05) is 36.4 Å². The highest BCUT2D eigenvalue weighted by molar-refractivity contribution is 5.96. The minimum Gasteiger partial charge on any atom is -0.343 e. The lowest BCUT2D eigenvalue weighted by atomic mass is 10.1. The SMILES string of the molecule is O=C(NCc1nc(C2CC(=O)N(c3ccccc3)C2)no1)c1ccccc1. The van der Waals surface area contributed by atoms with Crippen molar-refractivity contribution in [3.05, 3.63) is 77.9 Å². The second kappa shape index (κ2) is 7.41. The van der Waals surface area contributed by atoms with E-state index < -0.39 is 0 Å². The molecular weight excluding hydrogens is 344 g/mol. The van der Waals surface area contributed by atoms with Gasteiger partial charge in [-0.2, -0.15) is 4.98 Å². The Labute approximate surface area is 156 Å². The molecule has 1 aliphatic heterocycles. The molecule has 1 unspecified atom stereocenters. The summed E-state index contributed by atoms with van der Waals surface area (Å²) < 4.78 is 5.23. The molecule has 1 saturated heterocycles. The fraction of sp³-hybridized carbons (Fsp3) is 0.200. The monoisotopic (exact) mass is 362 g/mol. The summed E-state index contributed by atoms with van der Waals surface area (Å²) >= 11 is 0. The molecule has 1 fully saturated rings. The maximum absolute atomic E-state index is 12.3. The van der Waals surface area contributed by atoms with Crippen LogP contribution in [-0.4, -0.2) is 28.5 Å². The second-order valence-corrected chi connectivity index (χ2v) is 6.34. The highest BCUT2D eigenvalue weighted by Crippen LogP contribution is 2.30. The Morgan fingerprint density at radius 2 is 1.81 bits per heavy atom. The average molecular weight is 362 g/mol. The van der Waals surface area contributed by atoms with Gasteiger partial charge in [0.05, 0.1) is 6.54 Å². The second-order valence-electron chi connectivity index (χ2n) is 6.34. The molecule has 136 valence electrons. The number of hydrogen-bond acceptors (Lipinski definition) is 5. The van der Waals surface area contributed by atoms with Gasteiger partial charge in [0, 0.05) is 30.1 Å². The van der Waals surface area contributed by atoms with Crippen LogP contribution in [0.4, 0.5) is 5.69 Å². The van der Waals surface area contributed by atoms with Gasteiger partial charge < -0.3 is 14.7 Å². The molecule has 7 nitrogen and oxygen atoms in total. The van der Waals surface area contributed by atoms with Crippen LogP contribution in [0.3, 0.4) is 0 Å². The number of nitrogens with zero attached hydrogens (tertiary/aromatic N) is 3. The number of aromatic nitrogens is 2.